The minimum atomic E-state index is -1.25. The van der Waals surface area contributed by atoms with Crippen molar-refractivity contribution in [2.75, 3.05) is 0 Å². The van der Waals surface area contributed by atoms with Gasteiger partial charge >= 0.3 is 0 Å². The van der Waals surface area contributed by atoms with Gasteiger partial charge in [0.25, 0.3) is 0 Å². The smallest absolute Gasteiger partial charge is 0.144 e. The first kappa shape index (κ1) is 12.6. The van der Waals surface area contributed by atoms with Crippen LogP contribution in [0, 0.1) is 0 Å². The largest absolute Gasteiger partial charge is 0.591 e. The first-order valence-electron chi connectivity index (χ1n) is 4.35. The van der Waals surface area contributed by atoms with E-state index >= 15 is 0 Å². The summed E-state index contributed by atoms with van der Waals surface area (Å²) in [5.74, 6) is 0. The van der Waals surface area contributed by atoms with Gasteiger partial charge in [-0.1, -0.05) is 4.40 Å². The molecule has 82 valence electrons. The molecule has 0 fully saturated rings. The van der Waals surface area contributed by atoms with Crippen LogP contribution in [0.3, 0.4) is 0 Å². The van der Waals surface area contributed by atoms with E-state index in [9.17, 15) is 4.55 Å². The van der Waals surface area contributed by atoms with Gasteiger partial charge in [-0.15, -0.1) is 10.2 Å². The van der Waals surface area contributed by atoms with E-state index < -0.39 is 11.4 Å². The van der Waals surface area contributed by atoms with Crippen LogP contribution in [0.25, 0.3) is 0 Å². The zero-order valence-electron chi connectivity index (χ0n) is 8.77. The highest BCUT2D eigenvalue weighted by Crippen LogP contribution is 2.16. The fourth-order valence-corrected chi connectivity index (χ4v) is 1.39. The Kier molecular flexibility index (Phi) is 4.24. The maximum Gasteiger partial charge on any atom is 0.144 e. The van der Waals surface area contributed by atoms with Crippen LogP contribution in [0.4, 0.5) is 0 Å². The summed E-state index contributed by atoms with van der Waals surface area (Å²) in [4.78, 5) is 0. The van der Waals surface area contributed by atoms with Crippen molar-refractivity contribution in [1.29, 1.82) is 0 Å². The summed E-state index contributed by atoms with van der Waals surface area (Å²) in [6.07, 6.45) is 1.47. The van der Waals surface area contributed by atoms with E-state index in [-0.39, 0.29) is 4.75 Å². The van der Waals surface area contributed by atoms with E-state index in [1.165, 1.54) is 6.21 Å². The molecule has 15 heavy (non-hydrogen) atoms. The number of nitrogens with zero attached hydrogens (tertiary/aromatic N) is 3. The van der Waals surface area contributed by atoms with Crippen molar-refractivity contribution in [3.63, 3.8) is 0 Å². The average molecular weight is 290 g/mol. The summed E-state index contributed by atoms with van der Waals surface area (Å²) in [5, 5.41) is 7.65. The van der Waals surface area contributed by atoms with Gasteiger partial charge in [-0.3, -0.25) is 0 Å². The summed E-state index contributed by atoms with van der Waals surface area (Å²) in [7, 11) is 0. The standard InChI is InChI=1S/C9H12BrN3OS/c1-9(2,3)15(14)11-6-7-4-5-8(10)13-12-7/h4-6H,1-3H3/b11-6+. The predicted molar refractivity (Wildman–Crippen MR) is 65.2 cm³/mol. The van der Waals surface area contributed by atoms with Gasteiger partial charge in [-0.2, -0.15) is 0 Å². The molecule has 0 N–H and O–H groups in total. The van der Waals surface area contributed by atoms with Gasteiger partial charge in [0.05, 0.1) is 0 Å². The average Bonchev–Trinajstić information content (AvgIpc) is 2.15. The minimum Gasteiger partial charge on any atom is -0.591 e. The fraction of sp³-hybridized carbons (Fsp3) is 0.444. The van der Waals surface area contributed by atoms with Gasteiger partial charge in [0.1, 0.15) is 32.6 Å². The lowest BCUT2D eigenvalue weighted by Crippen LogP contribution is -2.25. The van der Waals surface area contributed by atoms with Crippen molar-refractivity contribution < 1.29 is 4.55 Å². The summed E-state index contributed by atoms with van der Waals surface area (Å²) in [5.41, 5.74) is 0.593. The van der Waals surface area contributed by atoms with Crippen molar-refractivity contribution in [3.8, 4) is 0 Å². The summed E-state index contributed by atoms with van der Waals surface area (Å²) >= 11 is 1.93. The number of hydrogen-bond donors (Lipinski definition) is 0. The van der Waals surface area contributed by atoms with Crippen LogP contribution < -0.4 is 0 Å². The molecule has 0 radical (unpaired) electrons. The predicted octanol–water partition coefficient (Wildman–Crippen LogP) is 2.12. The maximum atomic E-state index is 11.6. The first-order chi connectivity index (χ1) is 6.89. The van der Waals surface area contributed by atoms with Gasteiger partial charge in [-0.05, 0) is 48.8 Å². The highest BCUT2D eigenvalue weighted by atomic mass is 79.9. The van der Waals surface area contributed by atoms with Crippen LogP contribution in [0.5, 0.6) is 0 Å². The van der Waals surface area contributed by atoms with Crippen molar-refractivity contribution in [2.24, 2.45) is 4.40 Å². The van der Waals surface area contributed by atoms with E-state index in [0.29, 0.717) is 10.3 Å². The molecule has 0 aromatic carbocycles. The molecule has 1 aromatic rings. The zero-order valence-corrected chi connectivity index (χ0v) is 11.2. The van der Waals surface area contributed by atoms with Crippen molar-refractivity contribution in [2.45, 2.75) is 25.5 Å². The van der Waals surface area contributed by atoms with Crippen molar-refractivity contribution in [3.05, 3.63) is 22.4 Å². The Bertz CT molecular complexity index is 347. The van der Waals surface area contributed by atoms with Crippen LogP contribution in [0.15, 0.2) is 21.1 Å². The van der Waals surface area contributed by atoms with Crippen LogP contribution >= 0.6 is 15.9 Å². The van der Waals surface area contributed by atoms with Gasteiger partial charge < -0.3 is 4.55 Å². The molecule has 1 heterocycles. The monoisotopic (exact) mass is 289 g/mol. The van der Waals surface area contributed by atoms with Crippen molar-refractivity contribution >= 4 is 33.5 Å². The molecule has 1 atom stereocenters. The second-order valence-corrected chi connectivity index (χ2v) is 6.62. The maximum absolute atomic E-state index is 11.6. The van der Waals surface area contributed by atoms with E-state index in [1.54, 1.807) is 12.1 Å². The Morgan fingerprint density at radius 1 is 1.40 bits per heavy atom. The Hall–Kier alpha value is -0.460. The Morgan fingerprint density at radius 2 is 2.07 bits per heavy atom. The number of halogens is 1. The molecule has 0 amide bonds. The van der Waals surface area contributed by atoms with Crippen LogP contribution in [0.2, 0.25) is 0 Å². The van der Waals surface area contributed by atoms with E-state index in [1.807, 2.05) is 20.8 Å². The number of hydrogen-bond acceptors (Lipinski definition) is 4. The molecular formula is C9H12BrN3OS. The fourth-order valence-electron chi connectivity index (χ4n) is 0.655. The highest BCUT2D eigenvalue weighted by Gasteiger charge is 2.25. The van der Waals surface area contributed by atoms with Crippen molar-refractivity contribution in [1.82, 2.24) is 10.2 Å². The van der Waals surface area contributed by atoms with Crippen LogP contribution in [-0.4, -0.2) is 25.7 Å². The lowest BCUT2D eigenvalue weighted by atomic mass is 10.3. The summed E-state index contributed by atoms with van der Waals surface area (Å²) in [6, 6.07) is 3.51. The quantitative estimate of drug-likeness (QED) is 0.619. The molecule has 1 aromatic heterocycles. The summed E-state index contributed by atoms with van der Waals surface area (Å²) in [6.45, 7) is 5.61. The molecule has 1 unspecified atom stereocenters. The van der Waals surface area contributed by atoms with Gasteiger partial charge in [0.15, 0.2) is 0 Å². The molecule has 0 saturated carbocycles. The Balaban J connectivity index is 2.70. The normalized spacial score (nSPS) is 14.5. The molecule has 6 heteroatoms. The van der Waals surface area contributed by atoms with Crippen LogP contribution in [0.1, 0.15) is 26.5 Å². The van der Waals surface area contributed by atoms with E-state index in [2.05, 4.69) is 30.5 Å². The third kappa shape index (κ3) is 4.27. The minimum absolute atomic E-state index is 0.348. The Labute approximate surface area is 101 Å². The third-order valence-corrected chi connectivity index (χ3v) is 3.22. The molecule has 4 nitrogen and oxygen atoms in total. The topological polar surface area (TPSA) is 61.2 Å². The molecule has 0 aliphatic rings. The highest BCUT2D eigenvalue weighted by molar-refractivity contribution is 9.10. The summed E-state index contributed by atoms with van der Waals surface area (Å²) < 4.78 is 15.8. The molecule has 0 spiro atoms. The molecular weight excluding hydrogens is 278 g/mol. The molecule has 0 saturated heterocycles. The molecule has 0 aliphatic heterocycles. The zero-order chi connectivity index (χ0) is 11.5. The van der Waals surface area contributed by atoms with Gasteiger partial charge in [0.2, 0.25) is 0 Å². The second kappa shape index (κ2) is 5.05. The number of aromatic nitrogens is 2. The van der Waals surface area contributed by atoms with E-state index in [0.717, 1.165) is 0 Å². The van der Waals surface area contributed by atoms with Crippen LogP contribution in [-0.2, 0) is 11.4 Å². The molecule has 0 aliphatic carbocycles. The third-order valence-electron chi connectivity index (χ3n) is 1.46. The van der Waals surface area contributed by atoms with E-state index in [4.69, 9.17) is 0 Å². The molecule has 1 rings (SSSR count). The SMILES string of the molecule is CC(C)(C)[S+]([O-])/N=C/c1ccc(Br)nn1. The van der Waals surface area contributed by atoms with Gasteiger partial charge in [-0.25, -0.2) is 0 Å². The lowest BCUT2D eigenvalue weighted by Gasteiger charge is -2.17. The van der Waals surface area contributed by atoms with Gasteiger partial charge in [0, 0.05) is 0 Å². The Morgan fingerprint density at radius 3 is 2.53 bits per heavy atom. The molecule has 0 bridgehead atoms. The number of rotatable bonds is 2. The first-order valence-corrected chi connectivity index (χ1v) is 6.25. The second-order valence-electron chi connectivity index (χ2n) is 3.88. The lowest BCUT2D eigenvalue weighted by molar-refractivity contribution is 0.562.